The van der Waals surface area contributed by atoms with Crippen molar-refractivity contribution >= 4 is 22.8 Å². The van der Waals surface area contributed by atoms with Crippen LogP contribution in [0.5, 0.6) is 0 Å². The van der Waals surface area contributed by atoms with Crippen molar-refractivity contribution in [3.8, 4) is 12.3 Å². The minimum Gasteiger partial charge on any atom is -0.377 e. The first-order chi connectivity index (χ1) is 5.70. The molecule has 0 atom stereocenters. The van der Waals surface area contributed by atoms with Crippen LogP contribution in [0.1, 0.15) is 0 Å². The molecule has 0 aliphatic heterocycles. The summed E-state index contributed by atoms with van der Waals surface area (Å²) in [4.78, 5) is 10.8. The third-order valence-corrected chi connectivity index (χ3v) is 1.67. The Kier molecular flexibility index (Phi) is 5.65. The number of nitrogens with two attached hydrogens (primary N) is 2. The van der Waals surface area contributed by atoms with Gasteiger partial charge in [-0.1, -0.05) is 17.7 Å². The minimum atomic E-state index is -0.190. The van der Waals surface area contributed by atoms with Gasteiger partial charge >= 0.3 is 0 Å². The summed E-state index contributed by atoms with van der Waals surface area (Å²) in [7, 11) is 0. The molecule has 0 rings (SSSR count). The molecule has 0 heterocycles. The highest BCUT2D eigenvalue weighted by molar-refractivity contribution is 8.14. The van der Waals surface area contributed by atoms with E-state index >= 15 is 0 Å². The average molecular weight is 186 g/mol. The third kappa shape index (κ3) is 5.44. The topological polar surface area (TPSA) is 93.5 Å². The lowest BCUT2D eigenvalue weighted by Crippen LogP contribution is -2.26. The van der Waals surface area contributed by atoms with Gasteiger partial charge in [0.05, 0.1) is 12.3 Å². The van der Waals surface area contributed by atoms with Crippen LogP contribution in [0.2, 0.25) is 0 Å². The molecular weight excluding hydrogens is 176 g/mol. The maximum atomic E-state index is 10.8. The normalized spacial score (nSPS) is 10.4. The Morgan fingerprint density at radius 3 is 2.92 bits per heavy atom. The van der Waals surface area contributed by atoms with E-state index in [-0.39, 0.29) is 23.4 Å². The van der Waals surface area contributed by atoms with Gasteiger partial charge in [0.25, 0.3) is 0 Å². The van der Waals surface area contributed by atoms with Crippen LogP contribution < -0.4 is 16.9 Å². The van der Waals surface area contributed by atoms with Gasteiger partial charge in [-0.05, 0) is 0 Å². The monoisotopic (exact) mass is 186 g/mol. The van der Waals surface area contributed by atoms with E-state index in [9.17, 15) is 4.79 Å². The molecule has 0 aliphatic carbocycles. The summed E-state index contributed by atoms with van der Waals surface area (Å²) in [5.41, 5.74) is 5.22. The van der Waals surface area contributed by atoms with Crippen LogP contribution in [-0.2, 0) is 4.79 Å². The van der Waals surface area contributed by atoms with E-state index in [1.54, 1.807) is 0 Å². The van der Waals surface area contributed by atoms with E-state index in [0.29, 0.717) is 0 Å². The number of hydrogen-bond donors (Lipinski definition) is 3. The number of amides is 1. The van der Waals surface area contributed by atoms with Crippen LogP contribution >= 0.6 is 11.8 Å². The van der Waals surface area contributed by atoms with Gasteiger partial charge in [-0.2, -0.15) is 5.10 Å². The third-order valence-electron chi connectivity index (χ3n) is 0.866. The zero-order valence-corrected chi connectivity index (χ0v) is 7.23. The molecule has 66 valence electrons. The molecule has 0 saturated heterocycles. The molecule has 5 nitrogen and oxygen atoms in total. The molecule has 1 amide bonds. The number of hydrogen-bond acceptors (Lipinski definition) is 4. The molecule has 0 unspecified atom stereocenters. The van der Waals surface area contributed by atoms with E-state index < -0.39 is 0 Å². The van der Waals surface area contributed by atoms with Crippen LogP contribution in [0.3, 0.4) is 0 Å². The zero-order chi connectivity index (χ0) is 9.40. The number of carbonyl (C=O) groups excluding carboxylic acids is 1. The highest BCUT2D eigenvalue weighted by Crippen LogP contribution is 1.96. The number of carbonyl (C=O) groups is 1. The van der Waals surface area contributed by atoms with Crippen molar-refractivity contribution < 1.29 is 4.79 Å². The lowest BCUT2D eigenvalue weighted by Gasteiger charge is -1.99. The molecule has 0 radical (unpaired) electrons. The van der Waals surface area contributed by atoms with Crippen molar-refractivity contribution in [2.75, 3.05) is 12.3 Å². The van der Waals surface area contributed by atoms with Gasteiger partial charge in [-0.15, -0.1) is 6.42 Å². The Labute approximate surface area is 74.9 Å². The molecule has 6 heteroatoms. The van der Waals surface area contributed by atoms with Crippen LogP contribution in [0.15, 0.2) is 5.10 Å². The first kappa shape index (κ1) is 10.7. The maximum Gasteiger partial charge on any atom is 0.231 e. The van der Waals surface area contributed by atoms with Crippen LogP contribution in [-0.4, -0.2) is 23.4 Å². The molecule has 12 heavy (non-hydrogen) atoms. The Morgan fingerprint density at radius 2 is 2.42 bits per heavy atom. The number of rotatable bonds is 3. The Bertz CT molecular complexity index is 220. The summed E-state index contributed by atoms with van der Waals surface area (Å²) in [5.74, 6) is 7.09. The summed E-state index contributed by atoms with van der Waals surface area (Å²) < 4.78 is 0. The van der Waals surface area contributed by atoms with Gasteiger partial charge in [0.1, 0.15) is 0 Å². The van der Waals surface area contributed by atoms with Gasteiger partial charge in [0.15, 0.2) is 5.17 Å². The summed E-state index contributed by atoms with van der Waals surface area (Å²) in [6.45, 7) is 0.221. The predicted octanol–water partition coefficient (Wildman–Crippen LogP) is -1.34. The van der Waals surface area contributed by atoms with E-state index in [1.807, 2.05) is 0 Å². The second kappa shape index (κ2) is 6.37. The van der Waals surface area contributed by atoms with Gasteiger partial charge in [-0.25, -0.2) is 0 Å². The first-order valence-electron chi connectivity index (χ1n) is 3.07. The molecule has 0 aromatic rings. The van der Waals surface area contributed by atoms with Crippen LogP contribution in [0.25, 0.3) is 0 Å². The van der Waals surface area contributed by atoms with E-state index in [4.69, 9.17) is 18.0 Å². The van der Waals surface area contributed by atoms with E-state index in [1.165, 1.54) is 0 Å². The van der Waals surface area contributed by atoms with E-state index in [0.717, 1.165) is 11.8 Å². The van der Waals surface area contributed by atoms with Crippen molar-refractivity contribution in [1.82, 2.24) is 5.32 Å². The van der Waals surface area contributed by atoms with Gasteiger partial charge < -0.3 is 16.9 Å². The largest absolute Gasteiger partial charge is 0.377 e. The van der Waals surface area contributed by atoms with Crippen molar-refractivity contribution in [1.29, 1.82) is 0 Å². The predicted molar refractivity (Wildman–Crippen MR) is 50.1 cm³/mol. The fourth-order valence-electron chi connectivity index (χ4n) is 0.377. The number of hydrazone groups is 1. The average Bonchev–Trinajstić information content (AvgIpc) is 2.10. The smallest absolute Gasteiger partial charge is 0.231 e. The fourth-order valence-corrected chi connectivity index (χ4v) is 0.833. The second-order valence-electron chi connectivity index (χ2n) is 1.74. The summed E-state index contributed by atoms with van der Waals surface area (Å²) in [6, 6.07) is 0. The lowest BCUT2D eigenvalue weighted by molar-refractivity contribution is -0.118. The van der Waals surface area contributed by atoms with Gasteiger partial charge in [0, 0.05) is 0 Å². The summed E-state index contributed by atoms with van der Waals surface area (Å²) in [5, 5.41) is 5.81. The number of nitrogens with zero attached hydrogens (tertiary/aromatic N) is 1. The molecule has 0 bridgehead atoms. The zero-order valence-electron chi connectivity index (χ0n) is 6.41. The number of amidine groups is 1. The molecule has 0 aromatic heterocycles. The Morgan fingerprint density at radius 1 is 1.75 bits per heavy atom. The highest BCUT2D eigenvalue weighted by atomic mass is 32.2. The highest BCUT2D eigenvalue weighted by Gasteiger charge is 2.00. The molecule has 5 N–H and O–H groups in total. The van der Waals surface area contributed by atoms with Gasteiger partial charge in [0.2, 0.25) is 5.91 Å². The SMILES string of the molecule is C#CCNC(=O)CSC(N)=NN. The van der Waals surface area contributed by atoms with Crippen LogP contribution in [0.4, 0.5) is 0 Å². The van der Waals surface area contributed by atoms with Crippen molar-refractivity contribution in [2.45, 2.75) is 0 Å². The summed E-state index contributed by atoms with van der Waals surface area (Å²) in [6.07, 6.45) is 4.92. The first-order valence-corrected chi connectivity index (χ1v) is 4.05. The Hall–Kier alpha value is -1.35. The van der Waals surface area contributed by atoms with Gasteiger partial charge in [-0.3, -0.25) is 4.79 Å². The molecular formula is C6H10N4OS. The minimum absolute atomic E-state index is 0.172. The second-order valence-corrected chi connectivity index (χ2v) is 2.73. The summed E-state index contributed by atoms with van der Waals surface area (Å²) >= 11 is 1.06. The Balaban J connectivity index is 3.52. The molecule has 0 aliphatic rings. The number of terminal acetylenes is 1. The molecule has 0 aromatic carbocycles. The van der Waals surface area contributed by atoms with Crippen LogP contribution in [0, 0.1) is 12.3 Å². The van der Waals surface area contributed by atoms with Crippen molar-refractivity contribution in [3.63, 3.8) is 0 Å². The quantitative estimate of drug-likeness (QED) is 0.167. The molecule has 0 fully saturated rings. The van der Waals surface area contributed by atoms with Crippen molar-refractivity contribution in [2.24, 2.45) is 16.7 Å². The maximum absolute atomic E-state index is 10.8. The molecule has 0 saturated carbocycles. The lowest BCUT2D eigenvalue weighted by atomic mass is 10.6. The number of thioether (sulfide) groups is 1. The number of nitrogens with one attached hydrogen (secondary N) is 1. The van der Waals surface area contributed by atoms with Crippen molar-refractivity contribution in [3.05, 3.63) is 0 Å². The molecule has 0 spiro atoms. The standard InChI is InChI=1S/C6H10N4OS/c1-2-3-9-5(11)4-12-6(7)10-8/h1H,3-4,8H2,(H2,7,10)(H,9,11). The fraction of sp³-hybridized carbons (Fsp3) is 0.333. The van der Waals surface area contributed by atoms with E-state index in [2.05, 4.69) is 16.3 Å².